The summed E-state index contributed by atoms with van der Waals surface area (Å²) in [4.78, 5) is 24.0. The maximum Gasteiger partial charge on any atom is 0.228 e. The molecule has 1 aliphatic heterocycles. The van der Waals surface area contributed by atoms with Gasteiger partial charge in [-0.25, -0.2) is 9.97 Å². The lowest BCUT2D eigenvalue weighted by Crippen LogP contribution is -2.41. The molecule has 0 spiro atoms. The predicted octanol–water partition coefficient (Wildman–Crippen LogP) is 4.00. The van der Waals surface area contributed by atoms with Crippen molar-refractivity contribution in [3.63, 3.8) is 0 Å². The van der Waals surface area contributed by atoms with Crippen LogP contribution in [0.3, 0.4) is 0 Å². The lowest BCUT2D eigenvalue weighted by Gasteiger charge is -2.33. The minimum Gasteiger partial charge on any atom is -0.331 e. The van der Waals surface area contributed by atoms with Crippen LogP contribution in [0.2, 0.25) is 0 Å². The molecule has 1 saturated heterocycles. The van der Waals surface area contributed by atoms with E-state index in [9.17, 15) is 4.79 Å². The van der Waals surface area contributed by atoms with Crippen LogP contribution in [0.1, 0.15) is 32.5 Å². The minimum absolute atomic E-state index is 0.0613. The molecule has 0 bridgehead atoms. The smallest absolute Gasteiger partial charge is 0.228 e. The van der Waals surface area contributed by atoms with Crippen LogP contribution in [-0.2, 0) is 11.8 Å². The first-order chi connectivity index (χ1) is 13.9. The van der Waals surface area contributed by atoms with Crippen molar-refractivity contribution in [3.05, 3.63) is 42.5 Å². The molecule has 4 rings (SSSR count). The third-order valence-electron chi connectivity index (χ3n) is 6.12. The average Bonchev–Trinajstić information content (AvgIpc) is 3.06. The van der Waals surface area contributed by atoms with Gasteiger partial charge in [0.1, 0.15) is 11.6 Å². The summed E-state index contributed by atoms with van der Waals surface area (Å²) in [6.07, 6.45) is 5.53. The molecule has 1 aliphatic rings. The van der Waals surface area contributed by atoms with Crippen LogP contribution in [0, 0.1) is 12.8 Å². The second kappa shape index (κ2) is 7.95. The molecule has 1 amide bonds. The van der Waals surface area contributed by atoms with Gasteiger partial charge in [-0.2, -0.15) is 0 Å². The fraction of sp³-hybridized carbons (Fsp3) is 0.435. The van der Waals surface area contributed by atoms with Crippen molar-refractivity contribution in [2.45, 2.75) is 39.7 Å². The maximum absolute atomic E-state index is 12.7. The number of aromatic nitrogens is 3. The molecule has 2 aromatic heterocycles. The lowest BCUT2D eigenvalue weighted by atomic mass is 9.95. The number of pyridine rings is 1. The number of rotatable bonds is 4. The van der Waals surface area contributed by atoms with Gasteiger partial charge in [0.05, 0.1) is 11.9 Å². The summed E-state index contributed by atoms with van der Waals surface area (Å²) in [5.74, 6) is 1.74. The Kier molecular flexibility index (Phi) is 5.37. The fourth-order valence-electron chi connectivity index (χ4n) is 4.05. The zero-order valence-corrected chi connectivity index (χ0v) is 17.6. The molecule has 0 unspecified atom stereocenters. The van der Waals surface area contributed by atoms with Crippen molar-refractivity contribution >= 4 is 22.5 Å². The maximum atomic E-state index is 12.7. The standard InChI is InChI=1S/C23H29N5O/c1-15(2)28-9-7-17(8-10-28)23(29)26-22-12-20-11-18(5-6-19(20)13-25-22)21-14-24-16(3)27(21)4/h5-6,11-15,17H,7-10H2,1-4H3,(H,25,26,29). The molecule has 3 aromatic rings. The van der Waals surface area contributed by atoms with Crippen molar-refractivity contribution in [2.75, 3.05) is 18.4 Å². The minimum atomic E-state index is 0.0613. The van der Waals surface area contributed by atoms with E-state index in [-0.39, 0.29) is 11.8 Å². The van der Waals surface area contributed by atoms with Crippen LogP contribution in [0.25, 0.3) is 22.0 Å². The molecule has 1 fully saturated rings. The normalized spacial score (nSPS) is 15.9. The van der Waals surface area contributed by atoms with E-state index in [0.29, 0.717) is 11.9 Å². The number of nitrogens with one attached hydrogen (secondary N) is 1. The van der Waals surface area contributed by atoms with Crippen molar-refractivity contribution in [2.24, 2.45) is 13.0 Å². The van der Waals surface area contributed by atoms with Crippen LogP contribution in [0.5, 0.6) is 0 Å². The molecule has 29 heavy (non-hydrogen) atoms. The summed E-state index contributed by atoms with van der Waals surface area (Å²) in [6.45, 7) is 8.37. The summed E-state index contributed by atoms with van der Waals surface area (Å²) in [7, 11) is 2.02. The lowest BCUT2D eigenvalue weighted by molar-refractivity contribution is -0.121. The number of imidazole rings is 1. The number of carbonyl (C=O) groups excluding carboxylic acids is 1. The number of hydrogen-bond donors (Lipinski definition) is 1. The number of aryl methyl sites for hydroxylation is 1. The second-order valence-corrected chi connectivity index (χ2v) is 8.27. The number of benzene rings is 1. The Balaban J connectivity index is 1.51. The summed E-state index contributed by atoms with van der Waals surface area (Å²) >= 11 is 0. The average molecular weight is 392 g/mol. The van der Waals surface area contributed by atoms with E-state index in [4.69, 9.17) is 0 Å². The van der Waals surface area contributed by atoms with Gasteiger partial charge in [0.2, 0.25) is 5.91 Å². The molecular formula is C23H29N5O. The van der Waals surface area contributed by atoms with E-state index in [1.807, 2.05) is 32.4 Å². The van der Waals surface area contributed by atoms with Gasteiger partial charge in [0.15, 0.2) is 0 Å². The zero-order valence-electron chi connectivity index (χ0n) is 17.6. The third kappa shape index (κ3) is 4.03. The first-order valence-electron chi connectivity index (χ1n) is 10.4. The summed E-state index contributed by atoms with van der Waals surface area (Å²) in [5.41, 5.74) is 2.17. The molecule has 152 valence electrons. The number of anilines is 1. The first-order valence-corrected chi connectivity index (χ1v) is 10.4. The zero-order chi connectivity index (χ0) is 20.5. The van der Waals surface area contributed by atoms with Gasteiger partial charge in [0.25, 0.3) is 0 Å². The van der Waals surface area contributed by atoms with E-state index >= 15 is 0 Å². The second-order valence-electron chi connectivity index (χ2n) is 8.27. The molecule has 0 atom stereocenters. The highest BCUT2D eigenvalue weighted by molar-refractivity contribution is 5.95. The van der Waals surface area contributed by atoms with Crippen LogP contribution in [-0.4, -0.2) is 44.5 Å². The SMILES string of the molecule is Cc1ncc(-c2ccc3cnc(NC(=O)C4CCN(C(C)C)CC4)cc3c2)n1C. The Morgan fingerprint density at radius 2 is 1.86 bits per heavy atom. The van der Waals surface area contributed by atoms with Crippen molar-refractivity contribution in [3.8, 4) is 11.3 Å². The number of hydrogen-bond acceptors (Lipinski definition) is 4. The topological polar surface area (TPSA) is 63.1 Å². The molecule has 1 N–H and O–H groups in total. The number of amides is 1. The van der Waals surface area contributed by atoms with E-state index in [2.05, 4.69) is 56.8 Å². The highest BCUT2D eigenvalue weighted by atomic mass is 16.1. The number of piperidine rings is 1. The Bertz CT molecular complexity index is 1030. The van der Waals surface area contributed by atoms with E-state index in [1.165, 1.54) is 0 Å². The molecule has 3 heterocycles. The van der Waals surface area contributed by atoms with E-state index in [1.54, 1.807) is 0 Å². The van der Waals surface area contributed by atoms with Crippen LogP contribution >= 0.6 is 0 Å². The van der Waals surface area contributed by atoms with Crippen LogP contribution in [0.15, 0.2) is 36.7 Å². The predicted molar refractivity (Wildman–Crippen MR) is 117 cm³/mol. The van der Waals surface area contributed by atoms with Gasteiger partial charge in [0, 0.05) is 36.2 Å². The number of likely N-dealkylation sites (tertiary alicyclic amines) is 1. The number of carbonyl (C=O) groups is 1. The quantitative estimate of drug-likeness (QED) is 0.730. The Labute approximate surface area is 172 Å². The molecule has 0 radical (unpaired) electrons. The number of fused-ring (bicyclic) bond motifs is 1. The first kappa shape index (κ1) is 19.6. The molecule has 0 aliphatic carbocycles. The van der Waals surface area contributed by atoms with Gasteiger partial charge in [-0.1, -0.05) is 12.1 Å². The van der Waals surface area contributed by atoms with Gasteiger partial charge in [-0.3, -0.25) is 4.79 Å². The monoisotopic (exact) mass is 391 g/mol. The summed E-state index contributed by atoms with van der Waals surface area (Å²) in [5, 5.41) is 5.14. The summed E-state index contributed by atoms with van der Waals surface area (Å²) in [6, 6.07) is 8.78. The Morgan fingerprint density at radius 1 is 1.10 bits per heavy atom. The largest absolute Gasteiger partial charge is 0.331 e. The van der Waals surface area contributed by atoms with Crippen molar-refractivity contribution < 1.29 is 4.79 Å². The molecular weight excluding hydrogens is 362 g/mol. The molecule has 0 saturated carbocycles. The molecule has 1 aromatic carbocycles. The highest BCUT2D eigenvalue weighted by Crippen LogP contribution is 2.26. The van der Waals surface area contributed by atoms with E-state index < -0.39 is 0 Å². The van der Waals surface area contributed by atoms with Crippen molar-refractivity contribution in [1.29, 1.82) is 0 Å². The van der Waals surface area contributed by atoms with E-state index in [0.717, 1.165) is 53.8 Å². The summed E-state index contributed by atoms with van der Waals surface area (Å²) < 4.78 is 2.08. The Hall–Kier alpha value is -2.73. The Morgan fingerprint density at radius 3 is 2.52 bits per heavy atom. The van der Waals surface area contributed by atoms with Gasteiger partial charge in [-0.05, 0) is 64.2 Å². The van der Waals surface area contributed by atoms with Crippen LogP contribution < -0.4 is 5.32 Å². The highest BCUT2D eigenvalue weighted by Gasteiger charge is 2.26. The van der Waals surface area contributed by atoms with Crippen LogP contribution in [0.4, 0.5) is 5.82 Å². The molecule has 6 nitrogen and oxygen atoms in total. The van der Waals surface area contributed by atoms with Gasteiger partial charge < -0.3 is 14.8 Å². The van der Waals surface area contributed by atoms with Gasteiger partial charge >= 0.3 is 0 Å². The number of nitrogens with zero attached hydrogens (tertiary/aromatic N) is 4. The van der Waals surface area contributed by atoms with Crippen molar-refractivity contribution in [1.82, 2.24) is 19.4 Å². The fourth-order valence-corrected chi connectivity index (χ4v) is 4.05. The van der Waals surface area contributed by atoms with Gasteiger partial charge in [-0.15, -0.1) is 0 Å². The third-order valence-corrected chi connectivity index (χ3v) is 6.12. The molecule has 6 heteroatoms.